The van der Waals surface area contributed by atoms with Crippen molar-refractivity contribution >= 4 is 23.6 Å². The highest BCUT2D eigenvalue weighted by Crippen LogP contribution is 2.36. The van der Waals surface area contributed by atoms with Crippen molar-refractivity contribution in [1.82, 2.24) is 5.32 Å². The summed E-state index contributed by atoms with van der Waals surface area (Å²) >= 11 is 0. The van der Waals surface area contributed by atoms with E-state index in [1.165, 1.54) is 12.1 Å². The van der Waals surface area contributed by atoms with Crippen LogP contribution in [0.3, 0.4) is 0 Å². The largest absolute Gasteiger partial charge is 0.449 e. The van der Waals surface area contributed by atoms with E-state index in [0.29, 0.717) is 22.6 Å². The number of hydrogen-bond donors (Lipinski definition) is 1. The van der Waals surface area contributed by atoms with Crippen molar-refractivity contribution in [2.24, 2.45) is 0 Å². The first kappa shape index (κ1) is 22.3. The standard InChI is InChI=1S/C27H25FN2O3/c1-3-18(2)29-26(31)21-13-11-19(12-14-21)16-25-27(32)30(17-20-7-6-8-22(28)15-20)23-9-4-5-10-24(23)33-25/h4-16,18H,3,17H2,1-2H3,(H,29,31). The smallest absolute Gasteiger partial charge is 0.294 e. The van der Waals surface area contributed by atoms with E-state index in [-0.39, 0.29) is 36.0 Å². The van der Waals surface area contributed by atoms with Gasteiger partial charge in [-0.05, 0) is 66.9 Å². The molecule has 3 aromatic rings. The summed E-state index contributed by atoms with van der Waals surface area (Å²) in [5.41, 5.74) is 2.58. The van der Waals surface area contributed by atoms with Crippen LogP contribution in [-0.4, -0.2) is 17.9 Å². The van der Waals surface area contributed by atoms with Crippen LogP contribution in [-0.2, 0) is 11.3 Å². The number of nitrogens with one attached hydrogen (secondary N) is 1. The summed E-state index contributed by atoms with van der Waals surface area (Å²) in [7, 11) is 0. The van der Waals surface area contributed by atoms with E-state index in [0.717, 1.165) is 12.0 Å². The van der Waals surface area contributed by atoms with Gasteiger partial charge >= 0.3 is 0 Å². The van der Waals surface area contributed by atoms with Crippen LogP contribution in [0.5, 0.6) is 5.75 Å². The number of halogens is 1. The van der Waals surface area contributed by atoms with Crippen molar-refractivity contribution in [1.29, 1.82) is 0 Å². The van der Waals surface area contributed by atoms with Gasteiger partial charge in [0.05, 0.1) is 12.2 Å². The first-order valence-corrected chi connectivity index (χ1v) is 10.9. The van der Waals surface area contributed by atoms with Crippen molar-refractivity contribution in [3.8, 4) is 5.75 Å². The van der Waals surface area contributed by atoms with Gasteiger partial charge in [-0.2, -0.15) is 0 Å². The lowest BCUT2D eigenvalue weighted by Gasteiger charge is -2.30. The molecule has 6 heteroatoms. The number of carbonyl (C=O) groups excluding carboxylic acids is 2. The van der Waals surface area contributed by atoms with Crippen molar-refractivity contribution in [2.75, 3.05) is 4.90 Å². The van der Waals surface area contributed by atoms with Gasteiger partial charge in [0, 0.05) is 11.6 Å². The van der Waals surface area contributed by atoms with Crippen LogP contribution in [0.1, 0.15) is 41.8 Å². The summed E-state index contributed by atoms with van der Waals surface area (Å²) < 4.78 is 19.6. The molecule has 0 saturated carbocycles. The van der Waals surface area contributed by atoms with Gasteiger partial charge in [0.2, 0.25) is 0 Å². The minimum atomic E-state index is -0.352. The molecule has 1 N–H and O–H groups in total. The van der Waals surface area contributed by atoms with Crippen molar-refractivity contribution in [3.05, 3.63) is 101 Å². The Morgan fingerprint density at radius 1 is 1.09 bits per heavy atom. The number of carbonyl (C=O) groups is 2. The van der Waals surface area contributed by atoms with E-state index in [9.17, 15) is 14.0 Å². The first-order chi connectivity index (χ1) is 15.9. The molecule has 4 rings (SSSR count). The Hall–Kier alpha value is -3.93. The molecule has 1 aliphatic heterocycles. The molecule has 0 aromatic heterocycles. The van der Waals surface area contributed by atoms with Crippen LogP contribution in [0.25, 0.3) is 6.08 Å². The van der Waals surface area contributed by atoms with Gasteiger partial charge in [0.25, 0.3) is 11.8 Å². The van der Waals surface area contributed by atoms with Gasteiger partial charge in [-0.3, -0.25) is 14.5 Å². The molecule has 1 atom stereocenters. The number of hydrogen-bond acceptors (Lipinski definition) is 3. The predicted octanol–water partition coefficient (Wildman–Crippen LogP) is 5.32. The zero-order valence-electron chi connectivity index (χ0n) is 18.5. The molecular formula is C27H25FN2O3. The molecule has 0 saturated heterocycles. The third-order valence-electron chi connectivity index (χ3n) is 5.52. The molecule has 0 radical (unpaired) electrons. The van der Waals surface area contributed by atoms with Crippen molar-refractivity contribution < 1.29 is 18.7 Å². The number of ether oxygens (including phenoxy) is 1. The van der Waals surface area contributed by atoms with Gasteiger partial charge < -0.3 is 10.1 Å². The molecule has 1 aliphatic rings. The quantitative estimate of drug-likeness (QED) is 0.524. The minimum absolute atomic E-state index is 0.0942. The van der Waals surface area contributed by atoms with Gasteiger partial charge in [-0.1, -0.05) is 43.3 Å². The zero-order valence-corrected chi connectivity index (χ0v) is 18.5. The molecular weight excluding hydrogens is 419 g/mol. The monoisotopic (exact) mass is 444 g/mol. The molecule has 1 heterocycles. The highest BCUT2D eigenvalue weighted by Gasteiger charge is 2.30. The van der Waals surface area contributed by atoms with Crippen LogP contribution in [0, 0.1) is 5.82 Å². The Labute approximate surface area is 192 Å². The van der Waals surface area contributed by atoms with Gasteiger partial charge in [0.15, 0.2) is 11.5 Å². The van der Waals surface area contributed by atoms with Crippen LogP contribution in [0.4, 0.5) is 10.1 Å². The minimum Gasteiger partial charge on any atom is -0.449 e. The van der Waals surface area contributed by atoms with Crippen molar-refractivity contribution in [2.45, 2.75) is 32.9 Å². The maximum atomic E-state index is 13.7. The van der Waals surface area contributed by atoms with Crippen LogP contribution >= 0.6 is 0 Å². The molecule has 5 nitrogen and oxygen atoms in total. The molecule has 0 bridgehead atoms. The number of para-hydroxylation sites is 2. The van der Waals surface area contributed by atoms with E-state index >= 15 is 0 Å². The van der Waals surface area contributed by atoms with E-state index in [1.54, 1.807) is 59.5 Å². The third-order valence-corrected chi connectivity index (χ3v) is 5.52. The number of nitrogens with zero attached hydrogens (tertiary/aromatic N) is 1. The molecule has 2 amide bonds. The van der Waals surface area contributed by atoms with Crippen LogP contribution in [0.2, 0.25) is 0 Å². The lowest BCUT2D eigenvalue weighted by molar-refractivity contribution is -0.117. The average Bonchev–Trinajstić information content (AvgIpc) is 2.82. The lowest BCUT2D eigenvalue weighted by Crippen LogP contribution is -2.36. The Balaban J connectivity index is 1.60. The highest BCUT2D eigenvalue weighted by atomic mass is 19.1. The summed E-state index contributed by atoms with van der Waals surface area (Å²) in [5, 5.41) is 2.93. The molecule has 0 fully saturated rings. The lowest BCUT2D eigenvalue weighted by atomic mass is 10.1. The van der Waals surface area contributed by atoms with Gasteiger partial charge in [-0.15, -0.1) is 0 Å². The second-order valence-corrected chi connectivity index (χ2v) is 8.00. The highest BCUT2D eigenvalue weighted by molar-refractivity contribution is 6.09. The number of fused-ring (bicyclic) bond motifs is 1. The molecule has 0 spiro atoms. The van der Waals surface area contributed by atoms with Crippen molar-refractivity contribution in [3.63, 3.8) is 0 Å². The van der Waals surface area contributed by atoms with E-state index in [1.807, 2.05) is 26.0 Å². The predicted molar refractivity (Wildman–Crippen MR) is 126 cm³/mol. The van der Waals surface area contributed by atoms with Crippen LogP contribution < -0.4 is 15.0 Å². The Kier molecular flexibility index (Phi) is 6.54. The molecule has 0 aliphatic carbocycles. The molecule has 168 valence electrons. The number of benzene rings is 3. The first-order valence-electron chi connectivity index (χ1n) is 10.9. The second kappa shape index (κ2) is 9.69. The van der Waals surface area contributed by atoms with E-state index < -0.39 is 0 Å². The van der Waals surface area contributed by atoms with Gasteiger partial charge in [-0.25, -0.2) is 4.39 Å². The fourth-order valence-corrected chi connectivity index (χ4v) is 3.53. The maximum Gasteiger partial charge on any atom is 0.294 e. The number of rotatable bonds is 6. The van der Waals surface area contributed by atoms with Crippen LogP contribution in [0.15, 0.2) is 78.6 Å². The second-order valence-electron chi connectivity index (χ2n) is 8.00. The fourth-order valence-electron chi connectivity index (χ4n) is 3.53. The fraction of sp³-hybridized carbons (Fsp3) is 0.185. The Morgan fingerprint density at radius 3 is 2.58 bits per heavy atom. The number of amides is 2. The zero-order chi connectivity index (χ0) is 23.4. The molecule has 3 aromatic carbocycles. The Morgan fingerprint density at radius 2 is 1.85 bits per heavy atom. The summed E-state index contributed by atoms with van der Waals surface area (Å²) in [4.78, 5) is 27.2. The summed E-state index contributed by atoms with van der Waals surface area (Å²) in [5.74, 6) is -0.110. The van der Waals surface area contributed by atoms with E-state index in [4.69, 9.17) is 4.74 Å². The average molecular weight is 445 g/mol. The number of anilines is 1. The summed E-state index contributed by atoms with van der Waals surface area (Å²) in [6, 6.07) is 20.5. The van der Waals surface area contributed by atoms with E-state index in [2.05, 4.69) is 5.32 Å². The maximum absolute atomic E-state index is 13.7. The third kappa shape index (κ3) is 5.12. The molecule has 1 unspecified atom stereocenters. The molecule has 33 heavy (non-hydrogen) atoms. The summed E-state index contributed by atoms with van der Waals surface area (Å²) in [6.07, 6.45) is 2.50. The topological polar surface area (TPSA) is 58.6 Å². The van der Waals surface area contributed by atoms with Gasteiger partial charge in [0.1, 0.15) is 5.82 Å². The summed E-state index contributed by atoms with van der Waals surface area (Å²) in [6.45, 7) is 4.18. The Bertz CT molecular complexity index is 1200. The normalized spacial score (nSPS) is 15.1. The SMILES string of the molecule is CCC(C)NC(=O)c1ccc(C=C2Oc3ccccc3N(Cc3cccc(F)c3)C2=O)cc1.